The number of carbonyl (C=O) groups is 11. The van der Waals surface area contributed by atoms with Gasteiger partial charge in [0.15, 0.2) is 0 Å². The van der Waals surface area contributed by atoms with Crippen LogP contribution in [0.25, 0.3) is 69.3 Å². The van der Waals surface area contributed by atoms with E-state index in [4.69, 9.17) is 116 Å². The van der Waals surface area contributed by atoms with E-state index in [1.807, 2.05) is 134 Å². The third kappa shape index (κ3) is 95.4. The maximum atomic E-state index is 10.7. The Hall–Kier alpha value is -8.10. The summed E-state index contributed by atoms with van der Waals surface area (Å²) in [5.41, 5.74) is 38.6. The molecule has 0 saturated heterocycles. The molecular weight excluding hydrogens is 2640 g/mol. The van der Waals surface area contributed by atoms with E-state index in [-0.39, 0.29) is 127 Å². The van der Waals surface area contributed by atoms with Gasteiger partial charge in [0.25, 0.3) is 5.97 Å². The first kappa shape index (κ1) is 154. The fourth-order valence-corrected chi connectivity index (χ4v) is 12.4. The van der Waals surface area contributed by atoms with Gasteiger partial charge in [-0.1, -0.05) is 295 Å². The van der Waals surface area contributed by atoms with Crippen LogP contribution in [0.4, 0.5) is 0 Å². The largest absolute Gasteiger partial charge is 2.00 e. The summed E-state index contributed by atoms with van der Waals surface area (Å²) in [7, 11) is 22.6. The van der Waals surface area contributed by atoms with Gasteiger partial charge in [-0.15, -0.1) is 0 Å². The van der Waals surface area contributed by atoms with E-state index < -0.39 is 92.7 Å². The van der Waals surface area contributed by atoms with Gasteiger partial charge >= 0.3 is 172 Å². The van der Waals surface area contributed by atoms with E-state index in [0.29, 0.717) is 25.7 Å². The average molecular weight is 2790 g/mol. The number of aromatic carboxylic acids is 1. The van der Waals surface area contributed by atoms with Crippen molar-refractivity contribution in [1.29, 1.82) is 0 Å². The van der Waals surface area contributed by atoms with Crippen LogP contribution in [0, 0.1) is 21.0 Å². The van der Waals surface area contributed by atoms with Gasteiger partial charge < -0.3 is 103 Å². The second-order valence-electron chi connectivity index (χ2n) is 30.9. The molecule has 2 saturated carbocycles. The summed E-state index contributed by atoms with van der Waals surface area (Å²) in [6.07, 6.45) is 37.5. The number of rotatable bonds is 36. The van der Waals surface area contributed by atoms with Gasteiger partial charge in [-0.3, -0.25) is 48.3 Å². The standard InChI is InChI=1S/C14H12N2.C11H13O2.3C10H12O2.C9H8O4.3C8H16O2.2C6H12N2.C2H2O4.4ClH.4H2N.4Pt/c1-9-10(2)12-6-4-8-16-14(12)13-11(9)5-3-7-15-13;1-13-11(12)9-5-8-10-6-3-2-4-7-10;3*11-10(12)8-4-7-9-5-2-1-3-6-9;1-6(10)13-8-5-3-2-4-7(8)9(11)12;3*1-2-3-4-5-6-7-8(9)10;2*7-5-3-1-2-4-6(5)8;3-1(4)2(5)6;;;;;;;;;;;;/h3-8H,1-2H3;2-4,6-7H,1,5,8-9H2;3*1-3,5-6H,4,7-8H2,(H,11,12);2-5H,1H3,(H,11,12);3*2-7H2,1H3,(H,9,10);2*5-8H,1-4H2;(H,3,4)(H,5,6);4*1H;4*1H2;;;;/q;-1;;;;;;;;2*-2;;;;;;4*-1;3*+2;+4/p-4/t;;;;;;;;;2*5-,6-;;;;;;;;;;;;;/m.........00............./s1. The van der Waals surface area contributed by atoms with Crippen LogP contribution in [-0.4, -0.2) is 146 Å². The predicted octanol–water partition coefficient (Wildman–Crippen LogP) is 30.2. The smallest absolute Gasteiger partial charge is 0.693 e. The molecule has 2 fully saturated rings. The van der Waals surface area contributed by atoms with Gasteiger partial charge in [0.05, 0.1) is 11.0 Å². The first-order valence-electron chi connectivity index (χ1n) is 45.4. The minimum atomic E-state index is -1.82. The summed E-state index contributed by atoms with van der Waals surface area (Å²) in [4.78, 5) is 120. The van der Waals surface area contributed by atoms with Crippen molar-refractivity contribution < 1.29 is 183 Å². The number of ether oxygens (including phenoxy) is 2. The van der Waals surface area contributed by atoms with Crippen molar-refractivity contribution in [3.63, 3.8) is 0 Å². The van der Waals surface area contributed by atoms with Gasteiger partial charge in [-0.2, -0.15) is 31.3 Å². The van der Waals surface area contributed by atoms with Crippen molar-refractivity contribution in [2.45, 2.75) is 310 Å². The molecule has 0 radical (unpaired) electrons. The first-order valence-corrected chi connectivity index (χ1v) is 56.7. The average Bonchev–Trinajstić information content (AvgIpc) is 0.764. The number of aryl methyl sites for hydroxylation is 6. The topological polar surface area (TPSA) is 643 Å². The van der Waals surface area contributed by atoms with Crippen LogP contribution in [0.15, 0.2) is 182 Å². The van der Waals surface area contributed by atoms with Crippen molar-refractivity contribution >= 4 is 125 Å². The number of aromatic nitrogens is 2. The number of carboxylic acid groups (broad SMARTS) is 9. The number of hydrogen-bond acceptors (Lipinski definition) is 15. The number of carboxylic acids is 9. The monoisotopic (exact) mass is 2790 g/mol. The number of nitrogens with one attached hydrogen (secondary N) is 4. The van der Waals surface area contributed by atoms with Crippen molar-refractivity contribution in [2.24, 2.45) is 0 Å². The molecule has 0 spiro atoms. The number of unbranched alkanes of at least 4 members (excludes halogenated alkanes) is 12. The maximum absolute atomic E-state index is 10.7. The number of benzene rings is 6. The Labute approximate surface area is 902 Å². The summed E-state index contributed by atoms with van der Waals surface area (Å²) in [5.74, 6) is -9.62. The van der Waals surface area contributed by atoms with Crippen LogP contribution in [0.2, 0.25) is 0 Å². The molecule has 2 aliphatic carbocycles. The molecule has 21 N–H and O–H groups in total. The molecule has 10 rings (SSSR count). The van der Waals surface area contributed by atoms with Gasteiger partial charge in [-0.25, -0.2) is 14.4 Å². The number of halogens is 4. The van der Waals surface area contributed by atoms with E-state index in [2.05, 4.69) is 85.4 Å². The number of fused-ring (bicyclic) bond motifs is 3. The molecule has 0 amide bonds. The Morgan fingerprint density at radius 2 is 0.606 bits per heavy atom. The SMILES string of the molecule is CC(=O)Oc1ccccc1C(=O)O.CCCCCCCC(=O)O.CCCCCCCC(=O)O.CCCCCCCC(=O)O.Cc1c(C)c2cccnc2c2ncccc12.O=C(O)C(=O)O.O=C(O)CCCc1ccccc1.O=C(O)CCCc1ccccc1.O=C(O)CCCc1ccccc1.[CH2-]OC(=O)CCCc1ccccc1.[Cl][Pt+2][Cl].[Cl][Pt][Cl].[NH-][C@H]1CCCC[C@@H]1[NH-].[NH-][C@H]1CCCC[C@@H]1[NH-].[NH2-].[NH2-].[NH2-].[NH2-].[Pt+2].[Pt+2]. The van der Waals surface area contributed by atoms with Crippen LogP contribution in [0.1, 0.15) is 290 Å². The Balaban J connectivity index is -0.000000167. The van der Waals surface area contributed by atoms with E-state index in [0.717, 1.165) is 127 Å². The van der Waals surface area contributed by atoms with E-state index in [9.17, 15) is 43.2 Å². The predicted molar refractivity (Wildman–Crippen MR) is 555 cm³/mol. The molecule has 2 aromatic heterocycles. The zero-order valence-electron chi connectivity index (χ0n) is 82.0. The van der Waals surface area contributed by atoms with Gasteiger partial charge in [0, 0.05) is 75.0 Å². The number of para-hydroxylation sites is 1. The number of pyridine rings is 2. The third-order valence-corrected chi connectivity index (χ3v) is 19.7. The van der Waals surface area contributed by atoms with Crippen molar-refractivity contribution in [1.82, 2.24) is 9.97 Å². The van der Waals surface area contributed by atoms with Crippen molar-refractivity contribution in [3.05, 3.63) is 276 Å². The molecule has 142 heavy (non-hydrogen) atoms. The number of nitrogens with zero attached hydrogens (tertiary/aromatic N) is 2. The summed E-state index contributed by atoms with van der Waals surface area (Å²) in [5, 5.41) is 75.9. The molecule has 8 aromatic rings. The fraction of sp³-hybridized carbons (Fsp3) is 0.471. The number of nitrogens with two attached hydrogens (primary N) is 4. The van der Waals surface area contributed by atoms with Crippen molar-refractivity contribution in [2.75, 3.05) is 0 Å². The molecule has 40 heteroatoms. The first-order chi connectivity index (χ1) is 65.0. The molecule has 2 aliphatic rings. The second-order valence-corrected chi connectivity index (χ2v) is 37.4. The fourth-order valence-electron chi connectivity index (χ4n) is 12.4. The van der Waals surface area contributed by atoms with Gasteiger partial charge in [0.2, 0.25) is 0 Å². The molecule has 0 aliphatic heterocycles. The minimum absolute atomic E-state index is 0. The van der Waals surface area contributed by atoms with Crippen LogP contribution in [0.3, 0.4) is 0 Å². The molecule has 0 bridgehead atoms. The summed E-state index contributed by atoms with van der Waals surface area (Å²) in [6.45, 7) is 12.0. The zero-order valence-corrected chi connectivity index (χ0v) is 94.1. The van der Waals surface area contributed by atoms with Crippen LogP contribution in [0.5, 0.6) is 5.75 Å². The molecule has 4 atom stereocenters. The van der Waals surface area contributed by atoms with Crippen LogP contribution in [-0.2, 0) is 153 Å². The van der Waals surface area contributed by atoms with Gasteiger partial charge in [0.1, 0.15) is 11.3 Å². The number of aliphatic carboxylic acids is 8. The van der Waals surface area contributed by atoms with E-state index in [1.54, 1.807) is 12.1 Å². The Bertz CT molecular complexity index is 4170. The van der Waals surface area contributed by atoms with Crippen molar-refractivity contribution in [3.8, 4) is 5.75 Å². The molecule has 0 unspecified atom stereocenters. The number of hydrogen-bond donors (Lipinski definition) is 9. The van der Waals surface area contributed by atoms with Crippen LogP contribution < -0.4 is 4.74 Å². The van der Waals surface area contributed by atoms with Crippen LogP contribution >= 0.6 is 37.7 Å². The Morgan fingerprint density at radius 1 is 0.373 bits per heavy atom. The summed E-state index contributed by atoms with van der Waals surface area (Å²) in [6, 6.07) is 53.7. The zero-order chi connectivity index (χ0) is 103. The molecule has 6 aromatic carbocycles. The quantitative estimate of drug-likeness (QED) is 0.00440. The number of carbonyl (C=O) groups excluding carboxylic acids is 2. The minimum Gasteiger partial charge on any atom is -0.693 e. The van der Waals surface area contributed by atoms with Gasteiger partial charge in [-0.05, 0) is 142 Å². The summed E-state index contributed by atoms with van der Waals surface area (Å²) < 4.78 is 8.99. The molecule has 812 valence electrons. The second kappa shape index (κ2) is 107. The normalized spacial score (nSPS) is 12.6. The van der Waals surface area contributed by atoms with E-state index in [1.165, 1.54) is 147 Å². The summed E-state index contributed by atoms with van der Waals surface area (Å²) >= 11 is -0.944. The van der Waals surface area contributed by atoms with E-state index >= 15 is 0 Å². The number of esters is 2. The Kier molecular flexibility index (Phi) is 116. The maximum Gasteiger partial charge on any atom is 2.00 e. The molecule has 2 heterocycles. The third-order valence-electron chi connectivity index (χ3n) is 19.7. The molecular formula is C102H151Cl4N10O22Pt4-3. The Morgan fingerprint density at radius 3 is 0.824 bits per heavy atom. The molecule has 32 nitrogen and oxygen atoms in total.